The number of esters is 1. The van der Waals surface area contributed by atoms with E-state index in [1.165, 1.54) is 18.3 Å². The summed E-state index contributed by atoms with van der Waals surface area (Å²) in [6.07, 6.45) is -0.931. The van der Waals surface area contributed by atoms with Crippen LogP contribution in [-0.2, 0) is 9.53 Å². The SMILES string of the molecule is C[C@H](OC(=O)c1sc2ccccc2c1Cl)C(=O)Nc1ccccc1. The first kappa shape index (κ1) is 16.5. The molecule has 0 unspecified atom stereocenters. The molecule has 3 aromatic rings. The van der Waals surface area contributed by atoms with E-state index in [1.807, 2.05) is 42.5 Å². The fourth-order valence-corrected chi connectivity index (χ4v) is 3.57. The largest absolute Gasteiger partial charge is 0.448 e. The summed E-state index contributed by atoms with van der Waals surface area (Å²) in [5, 5.41) is 3.85. The lowest BCUT2D eigenvalue weighted by Gasteiger charge is -2.13. The number of carbonyl (C=O) groups excluding carboxylic acids is 2. The van der Waals surface area contributed by atoms with Crippen molar-refractivity contribution in [3.05, 3.63) is 64.5 Å². The molecule has 1 N–H and O–H groups in total. The molecule has 0 saturated carbocycles. The molecule has 0 fully saturated rings. The zero-order valence-electron chi connectivity index (χ0n) is 12.8. The summed E-state index contributed by atoms with van der Waals surface area (Å²) in [6.45, 7) is 1.53. The normalized spacial score (nSPS) is 11.9. The Balaban J connectivity index is 1.71. The Hall–Kier alpha value is -2.37. The van der Waals surface area contributed by atoms with Gasteiger partial charge in [0.25, 0.3) is 5.91 Å². The Bertz CT molecular complexity index is 892. The van der Waals surface area contributed by atoms with Crippen molar-refractivity contribution in [2.45, 2.75) is 13.0 Å². The molecule has 0 saturated heterocycles. The van der Waals surface area contributed by atoms with Crippen LogP contribution in [0.2, 0.25) is 5.02 Å². The molecule has 24 heavy (non-hydrogen) atoms. The number of para-hydroxylation sites is 1. The van der Waals surface area contributed by atoms with Crippen molar-refractivity contribution in [3.8, 4) is 0 Å². The van der Waals surface area contributed by atoms with E-state index in [0.29, 0.717) is 15.6 Å². The minimum absolute atomic E-state index is 0.303. The van der Waals surface area contributed by atoms with Gasteiger partial charge in [-0.25, -0.2) is 4.79 Å². The Morgan fingerprint density at radius 2 is 1.75 bits per heavy atom. The molecule has 0 spiro atoms. The van der Waals surface area contributed by atoms with E-state index in [0.717, 1.165) is 10.1 Å². The number of nitrogens with one attached hydrogen (secondary N) is 1. The van der Waals surface area contributed by atoms with Crippen molar-refractivity contribution >= 4 is 50.6 Å². The molecule has 1 atom stereocenters. The maximum atomic E-state index is 12.3. The van der Waals surface area contributed by atoms with Gasteiger partial charge in [0.05, 0.1) is 5.02 Å². The topological polar surface area (TPSA) is 55.4 Å². The van der Waals surface area contributed by atoms with E-state index in [2.05, 4.69) is 5.32 Å². The Morgan fingerprint density at radius 1 is 1.08 bits per heavy atom. The van der Waals surface area contributed by atoms with Crippen LogP contribution in [-0.4, -0.2) is 18.0 Å². The molecule has 1 heterocycles. The number of halogens is 1. The smallest absolute Gasteiger partial charge is 0.350 e. The van der Waals surface area contributed by atoms with Crippen LogP contribution in [0.25, 0.3) is 10.1 Å². The number of carbonyl (C=O) groups is 2. The molecule has 6 heteroatoms. The first-order chi connectivity index (χ1) is 11.6. The number of thiophene rings is 1. The van der Waals surface area contributed by atoms with E-state index in [-0.39, 0.29) is 0 Å². The summed E-state index contributed by atoms with van der Waals surface area (Å²) < 4.78 is 6.15. The van der Waals surface area contributed by atoms with Gasteiger partial charge in [-0.15, -0.1) is 11.3 Å². The molecule has 2 aromatic carbocycles. The van der Waals surface area contributed by atoms with Gasteiger partial charge in [-0.1, -0.05) is 48.0 Å². The van der Waals surface area contributed by atoms with Crippen LogP contribution in [0.3, 0.4) is 0 Å². The van der Waals surface area contributed by atoms with Gasteiger partial charge in [-0.3, -0.25) is 4.79 Å². The van der Waals surface area contributed by atoms with Gasteiger partial charge in [0, 0.05) is 15.8 Å². The van der Waals surface area contributed by atoms with Gasteiger partial charge in [-0.2, -0.15) is 0 Å². The Morgan fingerprint density at radius 3 is 2.46 bits per heavy atom. The first-order valence-electron chi connectivity index (χ1n) is 7.30. The van der Waals surface area contributed by atoms with Crippen LogP contribution in [0.4, 0.5) is 5.69 Å². The van der Waals surface area contributed by atoms with Crippen LogP contribution in [0.1, 0.15) is 16.6 Å². The predicted molar refractivity (Wildman–Crippen MR) is 96.8 cm³/mol. The average Bonchev–Trinajstić information content (AvgIpc) is 2.93. The second kappa shape index (κ2) is 7.03. The number of amides is 1. The molecule has 0 radical (unpaired) electrons. The molecule has 0 aliphatic heterocycles. The third kappa shape index (κ3) is 3.42. The minimum Gasteiger partial charge on any atom is -0.448 e. The summed E-state index contributed by atoms with van der Waals surface area (Å²) in [6, 6.07) is 16.4. The average molecular weight is 360 g/mol. The van der Waals surface area contributed by atoms with Crippen molar-refractivity contribution in [1.29, 1.82) is 0 Å². The number of hydrogen-bond acceptors (Lipinski definition) is 4. The van der Waals surface area contributed by atoms with Crippen LogP contribution >= 0.6 is 22.9 Å². The minimum atomic E-state index is -0.931. The Kier molecular flexibility index (Phi) is 4.83. The van der Waals surface area contributed by atoms with Crippen molar-refractivity contribution in [2.24, 2.45) is 0 Å². The quantitative estimate of drug-likeness (QED) is 0.684. The molecule has 0 aliphatic rings. The van der Waals surface area contributed by atoms with Crippen molar-refractivity contribution in [3.63, 3.8) is 0 Å². The van der Waals surface area contributed by atoms with E-state index < -0.39 is 18.0 Å². The highest BCUT2D eigenvalue weighted by atomic mass is 35.5. The van der Waals surface area contributed by atoms with Gasteiger partial charge in [0.1, 0.15) is 4.88 Å². The zero-order chi connectivity index (χ0) is 17.1. The molecule has 4 nitrogen and oxygen atoms in total. The van der Waals surface area contributed by atoms with Crippen LogP contribution < -0.4 is 5.32 Å². The molecule has 3 rings (SSSR count). The second-order valence-corrected chi connectivity index (χ2v) is 6.57. The van der Waals surface area contributed by atoms with E-state index >= 15 is 0 Å². The number of rotatable bonds is 4. The third-order valence-electron chi connectivity index (χ3n) is 3.41. The van der Waals surface area contributed by atoms with E-state index in [4.69, 9.17) is 16.3 Å². The molecular weight excluding hydrogens is 346 g/mol. The maximum absolute atomic E-state index is 12.3. The van der Waals surface area contributed by atoms with E-state index in [1.54, 1.807) is 12.1 Å². The lowest BCUT2D eigenvalue weighted by atomic mass is 10.2. The molecule has 1 aromatic heterocycles. The third-order valence-corrected chi connectivity index (χ3v) is 5.07. The van der Waals surface area contributed by atoms with Gasteiger partial charge >= 0.3 is 5.97 Å². The van der Waals surface area contributed by atoms with Crippen LogP contribution in [0.15, 0.2) is 54.6 Å². The second-order valence-electron chi connectivity index (χ2n) is 5.14. The van der Waals surface area contributed by atoms with Crippen molar-refractivity contribution in [2.75, 3.05) is 5.32 Å². The number of anilines is 1. The van der Waals surface area contributed by atoms with Gasteiger partial charge in [0.15, 0.2) is 6.10 Å². The highest BCUT2D eigenvalue weighted by Crippen LogP contribution is 2.35. The molecule has 0 aliphatic carbocycles. The molecular formula is C18H14ClNO3S. The fraction of sp³-hybridized carbons (Fsp3) is 0.111. The zero-order valence-corrected chi connectivity index (χ0v) is 14.4. The van der Waals surface area contributed by atoms with Crippen LogP contribution in [0, 0.1) is 0 Å². The number of hydrogen-bond donors (Lipinski definition) is 1. The predicted octanol–water partition coefficient (Wildman–Crippen LogP) is 4.74. The number of benzene rings is 2. The monoisotopic (exact) mass is 359 g/mol. The van der Waals surface area contributed by atoms with Gasteiger partial charge in [-0.05, 0) is 25.1 Å². The summed E-state index contributed by atoms with van der Waals surface area (Å²) in [5.74, 6) is -0.997. The fourth-order valence-electron chi connectivity index (χ4n) is 2.18. The van der Waals surface area contributed by atoms with Gasteiger partial charge < -0.3 is 10.1 Å². The molecule has 0 bridgehead atoms. The molecule has 122 valence electrons. The standard InChI is InChI=1S/C18H14ClNO3S/c1-11(17(21)20-12-7-3-2-4-8-12)23-18(22)16-15(19)13-9-5-6-10-14(13)24-16/h2-11H,1H3,(H,20,21)/t11-/m0/s1. The van der Waals surface area contributed by atoms with Gasteiger partial charge in [0.2, 0.25) is 0 Å². The van der Waals surface area contributed by atoms with Crippen molar-refractivity contribution < 1.29 is 14.3 Å². The summed E-state index contributed by atoms with van der Waals surface area (Å²) in [7, 11) is 0. The van der Waals surface area contributed by atoms with Crippen LogP contribution in [0.5, 0.6) is 0 Å². The summed E-state index contributed by atoms with van der Waals surface area (Å²) >= 11 is 7.51. The molecule has 1 amide bonds. The van der Waals surface area contributed by atoms with E-state index in [9.17, 15) is 9.59 Å². The van der Waals surface area contributed by atoms with Crippen molar-refractivity contribution in [1.82, 2.24) is 0 Å². The Labute approximate surface area is 148 Å². The highest BCUT2D eigenvalue weighted by molar-refractivity contribution is 7.21. The highest BCUT2D eigenvalue weighted by Gasteiger charge is 2.23. The lowest BCUT2D eigenvalue weighted by molar-refractivity contribution is -0.123. The first-order valence-corrected chi connectivity index (χ1v) is 8.49. The summed E-state index contributed by atoms with van der Waals surface area (Å²) in [4.78, 5) is 24.7. The number of ether oxygens (including phenoxy) is 1. The lowest BCUT2D eigenvalue weighted by Crippen LogP contribution is -2.29. The maximum Gasteiger partial charge on any atom is 0.350 e. The summed E-state index contributed by atoms with van der Waals surface area (Å²) in [5.41, 5.74) is 0.644. The number of fused-ring (bicyclic) bond motifs is 1.